The van der Waals surface area contributed by atoms with Crippen LogP contribution in [0, 0.1) is 5.82 Å². The molecule has 156 valence electrons. The normalized spacial score (nSPS) is 16.1. The molecule has 2 aromatic carbocycles. The van der Waals surface area contributed by atoms with Gasteiger partial charge in [0.1, 0.15) is 5.82 Å². The highest BCUT2D eigenvalue weighted by molar-refractivity contribution is 7.99. The molecule has 0 spiro atoms. The van der Waals surface area contributed by atoms with Crippen LogP contribution in [0.1, 0.15) is 36.0 Å². The monoisotopic (exact) mass is 425 g/mol. The summed E-state index contributed by atoms with van der Waals surface area (Å²) in [6.45, 7) is 1.45. The van der Waals surface area contributed by atoms with E-state index in [4.69, 9.17) is 4.74 Å². The van der Waals surface area contributed by atoms with Gasteiger partial charge in [0.15, 0.2) is 16.8 Å². The SMILES string of the molecule is O=C(CCCSc1nnc(-c2ccc(F)cc2)n1CC1CCCO1)c1ccccc1. The number of thioether (sulfide) groups is 1. The molecule has 0 amide bonds. The summed E-state index contributed by atoms with van der Waals surface area (Å²) in [6.07, 6.45) is 3.47. The second-order valence-electron chi connectivity index (χ2n) is 7.30. The van der Waals surface area contributed by atoms with Gasteiger partial charge in [0.05, 0.1) is 12.6 Å². The number of nitrogens with zero attached hydrogens (tertiary/aromatic N) is 3. The Kier molecular flexibility index (Phi) is 6.92. The predicted molar refractivity (Wildman–Crippen MR) is 115 cm³/mol. The number of hydrogen-bond donors (Lipinski definition) is 0. The summed E-state index contributed by atoms with van der Waals surface area (Å²) < 4.78 is 21.2. The molecule has 1 aliphatic rings. The minimum Gasteiger partial charge on any atom is -0.376 e. The average Bonchev–Trinajstić information content (AvgIpc) is 3.43. The first-order chi connectivity index (χ1) is 14.7. The Morgan fingerprint density at radius 2 is 1.93 bits per heavy atom. The lowest BCUT2D eigenvalue weighted by molar-refractivity contribution is 0.0953. The van der Waals surface area contributed by atoms with E-state index in [0.717, 1.165) is 47.9 Å². The molecule has 1 atom stereocenters. The first-order valence-corrected chi connectivity index (χ1v) is 11.2. The van der Waals surface area contributed by atoms with Crippen molar-refractivity contribution in [1.82, 2.24) is 14.8 Å². The standard InChI is InChI=1S/C23H24FN3O2S/c24-19-12-10-18(11-13-19)22-25-26-23(27(22)16-20-8-4-14-29-20)30-15-5-9-21(28)17-6-2-1-3-7-17/h1-3,6-7,10-13,20H,4-5,8-9,14-16H2. The van der Waals surface area contributed by atoms with Crippen LogP contribution in [0.15, 0.2) is 59.8 Å². The molecule has 30 heavy (non-hydrogen) atoms. The van der Waals surface area contributed by atoms with E-state index in [1.54, 1.807) is 23.9 Å². The zero-order chi connectivity index (χ0) is 20.8. The number of carbonyl (C=O) groups excluding carboxylic acids is 1. The van der Waals surface area contributed by atoms with Gasteiger partial charge in [0.2, 0.25) is 0 Å². The number of aromatic nitrogens is 3. The van der Waals surface area contributed by atoms with Gasteiger partial charge in [0.25, 0.3) is 0 Å². The fourth-order valence-electron chi connectivity index (χ4n) is 3.53. The summed E-state index contributed by atoms with van der Waals surface area (Å²) in [5, 5.41) is 9.54. The molecule has 0 radical (unpaired) electrons. The topological polar surface area (TPSA) is 57.0 Å². The molecule has 0 bridgehead atoms. The van der Waals surface area contributed by atoms with Gasteiger partial charge in [-0.1, -0.05) is 42.1 Å². The number of carbonyl (C=O) groups is 1. The van der Waals surface area contributed by atoms with Gasteiger partial charge in [-0.2, -0.15) is 0 Å². The van der Waals surface area contributed by atoms with Gasteiger partial charge >= 0.3 is 0 Å². The first kappa shape index (κ1) is 20.8. The maximum atomic E-state index is 13.3. The minimum absolute atomic E-state index is 0.138. The lowest BCUT2D eigenvalue weighted by Crippen LogP contribution is -2.16. The molecule has 7 heteroatoms. The molecule has 4 rings (SSSR count). The maximum Gasteiger partial charge on any atom is 0.191 e. The lowest BCUT2D eigenvalue weighted by atomic mass is 10.1. The van der Waals surface area contributed by atoms with Gasteiger partial charge < -0.3 is 4.74 Å². The van der Waals surface area contributed by atoms with Crippen LogP contribution >= 0.6 is 11.8 Å². The van der Waals surface area contributed by atoms with Crippen LogP contribution in [0.3, 0.4) is 0 Å². The van der Waals surface area contributed by atoms with Crippen LogP contribution in [0.4, 0.5) is 4.39 Å². The van der Waals surface area contributed by atoms with Gasteiger partial charge in [0, 0.05) is 29.9 Å². The van der Waals surface area contributed by atoms with E-state index >= 15 is 0 Å². The molecule has 1 aromatic heterocycles. The maximum absolute atomic E-state index is 13.3. The van der Waals surface area contributed by atoms with Gasteiger partial charge in [-0.3, -0.25) is 9.36 Å². The minimum atomic E-state index is -0.276. The third-order valence-electron chi connectivity index (χ3n) is 5.10. The van der Waals surface area contributed by atoms with Crippen LogP contribution in [-0.2, 0) is 11.3 Å². The van der Waals surface area contributed by atoms with E-state index in [0.29, 0.717) is 18.8 Å². The third kappa shape index (κ3) is 5.15. The molecular formula is C23H24FN3O2S. The first-order valence-electron chi connectivity index (χ1n) is 10.2. The van der Waals surface area contributed by atoms with Crippen LogP contribution < -0.4 is 0 Å². The number of ether oxygens (including phenoxy) is 1. The molecule has 1 aliphatic heterocycles. The van der Waals surface area contributed by atoms with Crippen LogP contribution in [0.2, 0.25) is 0 Å². The molecule has 0 saturated carbocycles. The molecule has 1 unspecified atom stereocenters. The number of hydrogen-bond acceptors (Lipinski definition) is 5. The van der Waals surface area contributed by atoms with E-state index in [1.807, 2.05) is 30.3 Å². The van der Waals surface area contributed by atoms with Gasteiger partial charge in [-0.25, -0.2) is 4.39 Å². The van der Waals surface area contributed by atoms with Crippen molar-refractivity contribution in [3.05, 3.63) is 66.0 Å². The quantitative estimate of drug-likeness (QED) is 0.274. The van der Waals surface area contributed by atoms with Crippen molar-refractivity contribution in [2.75, 3.05) is 12.4 Å². The van der Waals surface area contributed by atoms with E-state index in [1.165, 1.54) is 12.1 Å². The van der Waals surface area contributed by atoms with Crippen LogP contribution in [0.25, 0.3) is 11.4 Å². The summed E-state index contributed by atoms with van der Waals surface area (Å²) in [5.74, 6) is 1.37. The van der Waals surface area contributed by atoms with Crippen molar-refractivity contribution in [1.29, 1.82) is 0 Å². The molecule has 1 fully saturated rings. The van der Waals surface area contributed by atoms with Crippen molar-refractivity contribution >= 4 is 17.5 Å². The Labute approximate surface area is 179 Å². The van der Waals surface area contributed by atoms with E-state index in [2.05, 4.69) is 14.8 Å². The summed E-state index contributed by atoms with van der Waals surface area (Å²) >= 11 is 1.59. The Hall–Kier alpha value is -2.51. The van der Waals surface area contributed by atoms with Crippen LogP contribution in [0.5, 0.6) is 0 Å². The highest BCUT2D eigenvalue weighted by Crippen LogP contribution is 2.27. The molecule has 0 aliphatic carbocycles. The Bertz CT molecular complexity index is 970. The fraction of sp³-hybridized carbons (Fsp3) is 0.348. The van der Waals surface area contributed by atoms with Crippen molar-refractivity contribution in [2.45, 2.75) is 43.5 Å². The second-order valence-corrected chi connectivity index (χ2v) is 8.36. The smallest absolute Gasteiger partial charge is 0.191 e. The van der Waals surface area contributed by atoms with Crippen molar-refractivity contribution in [3.8, 4) is 11.4 Å². The zero-order valence-electron chi connectivity index (χ0n) is 16.7. The van der Waals surface area contributed by atoms with Crippen molar-refractivity contribution in [2.24, 2.45) is 0 Å². The predicted octanol–water partition coefficient (Wildman–Crippen LogP) is 5.02. The van der Waals surface area contributed by atoms with Gasteiger partial charge in [-0.05, 0) is 43.5 Å². The van der Waals surface area contributed by atoms with Crippen molar-refractivity contribution < 1.29 is 13.9 Å². The molecule has 0 N–H and O–H groups in total. The number of Topliss-reactive ketones (excluding diaryl/α,β-unsaturated/α-hetero) is 1. The number of halogens is 1. The van der Waals surface area contributed by atoms with Crippen LogP contribution in [-0.4, -0.2) is 39.0 Å². The molecule has 1 saturated heterocycles. The fourth-order valence-corrected chi connectivity index (χ4v) is 4.42. The third-order valence-corrected chi connectivity index (χ3v) is 6.16. The Morgan fingerprint density at radius 1 is 1.13 bits per heavy atom. The number of benzene rings is 2. The van der Waals surface area contributed by atoms with E-state index < -0.39 is 0 Å². The average molecular weight is 426 g/mol. The Morgan fingerprint density at radius 3 is 2.67 bits per heavy atom. The number of ketones is 1. The molecule has 3 aromatic rings. The van der Waals surface area contributed by atoms with Gasteiger partial charge in [-0.15, -0.1) is 10.2 Å². The van der Waals surface area contributed by atoms with Crippen molar-refractivity contribution in [3.63, 3.8) is 0 Å². The number of rotatable bonds is 9. The zero-order valence-corrected chi connectivity index (χ0v) is 17.5. The Balaban J connectivity index is 1.42. The van der Waals surface area contributed by atoms with E-state index in [-0.39, 0.29) is 17.7 Å². The molecule has 5 nitrogen and oxygen atoms in total. The second kappa shape index (κ2) is 10.00. The largest absolute Gasteiger partial charge is 0.376 e. The summed E-state index contributed by atoms with van der Waals surface area (Å²) in [5.41, 5.74) is 1.58. The highest BCUT2D eigenvalue weighted by atomic mass is 32.2. The summed E-state index contributed by atoms with van der Waals surface area (Å²) in [6, 6.07) is 15.7. The summed E-state index contributed by atoms with van der Waals surface area (Å²) in [7, 11) is 0. The lowest BCUT2D eigenvalue weighted by Gasteiger charge is -2.14. The highest BCUT2D eigenvalue weighted by Gasteiger charge is 2.22. The molecule has 2 heterocycles. The van der Waals surface area contributed by atoms with E-state index in [9.17, 15) is 9.18 Å². The summed E-state index contributed by atoms with van der Waals surface area (Å²) in [4.78, 5) is 12.3. The molecular weight excluding hydrogens is 401 g/mol.